The predicted octanol–water partition coefficient (Wildman–Crippen LogP) is 0.348. The molecule has 1 heterocycles. The van der Waals surface area contributed by atoms with Gasteiger partial charge in [-0.15, -0.1) is 0 Å². The minimum Gasteiger partial charge on any atom is -0.480 e. The molecule has 0 aromatic carbocycles. The highest BCUT2D eigenvalue weighted by Crippen LogP contribution is 2.06. The molecule has 4 nitrogen and oxygen atoms in total. The minimum absolute atomic E-state index is 0.298. The molecule has 1 saturated heterocycles. The highest BCUT2D eigenvalue weighted by Gasteiger charge is 2.27. The quantitative estimate of drug-likeness (QED) is 0.644. The number of hydrogen-bond acceptors (Lipinski definition) is 3. The van der Waals surface area contributed by atoms with Crippen LogP contribution in [0.1, 0.15) is 6.92 Å². The van der Waals surface area contributed by atoms with Crippen molar-refractivity contribution in [3.8, 4) is 0 Å². The lowest BCUT2D eigenvalue weighted by atomic mass is 10.2. The van der Waals surface area contributed by atoms with E-state index in [-0.39, 0.29) is 0 Å². The number of carboxylic acid groups (broad SMARTS) is 1. The van der Waals surface area contributed by atoms with Crippen molar-refractivity contribution in [3.63, 3.8) is 0 Å². The lowest BCUT2D eigenvalue weighted by Gasteiger charge is -2.31. The number of rotatable bonds is 3. The summed E-state index contributed by atoms with van der Waals surface area (Å²) < 4.78 is 5.11. The molecule has 0 bridgehead atoms. The molecular formula is C9H15NO3. The first-order valence-electron chi connectivity index (χ1n) is 4.41. The third-order valence-electron chi connectivity index (χ3n) is 2.10. The Hall–Kier alpha value is -0.870. The Balaban J connectivity index is 2.51. The monoisotopic (exact) mass is 185 g/mol. The molecule has 74 valence electrons. The van der Waals surface area contributed by atoms with Crippen LogP contribution in [0, 0.1) is 0 Å². The summed E-state index contributed by atoms with van der Waals surface area (Å²) in [5.74, 6) is -0.802. The summed E-state index contributed by atoms with van der Waals surface area (Å²) in [4.78, 5) is 12.7. The molecule has 0 aliphatic carbocycles. The SMILES string of the molecule is CC=CCN1CCOCC1C(=O)O. The molecule has 1 N–H and O–H groups in total. The van der Waals surface area contributed by atoms with Crippen molar-refractivity contribution in [3.05, 3.63) is 12.2 Å². The van der Waals surface area contributed by atoms with Crippen LogP contribution in [0.25, 0.3) is 0 Å². The number of allylic oxidation sites excluding steroid dienone is 1. The van der Waals surface area contributed by atoms with E-state index in [1.54, 1.807) is 0 Å². The van der Waals surface area contributed by atoms with Gasteiger partial charge in [-0.3, -0.25) is 9.69 Å². The van der Waals surface area contributed by atoms with E-state index in [0.717, 1.165) is 0 Å². The zero-order chi connectivity index (χ0) is 9.68. The van der Waals surface area contributed by atoms with Crippen LogP contribution in [0.3, 0.4) is 0 Å². The number of nitrogens with zero attached hydrogens (tertiary/aromatic N) is 1. The normalized spacial score (nSPS) is 25.2. The highest BCUT2D eigenvalue weighted by molar-refractivity contribution is 5.73. The van der Waals surface area contributed by atoms with E-state index < -0.39 is 12.0 Å². The van der Waals surface area contributed by atoms with Crippen LogP contribution < -0.4 is 0 Å². The second kappa shape index (κ2) is 4.99. The zero-order valence-electron chi connectivity index (χ0n) is 7.77. The van der Waals surface area contributed by atoms with E-state index >= 15 is 0 Å². The molecule has 1 aliphatic heterocycles. The Morgan fingerprint density at radius 2 is 2.54 bits per heavy atom. The predicted molar refractivity (Wildman–Crippen MR) is 48.6 cm³/mol. The molecule has 0 aromatic rings. The van der Waals surface area contributed by atoms with E-state index in [1.807, 2.05) is 24.0 Å². The van der Waals surface area contributed by atoms with Gasteiger partial charge in [0.25, 0.3) is 0 Å². The van der Waals surface area contributed by atoms with Gasteiger partial charge in [0.1, 0.15) is 6.04 Å². The fraction of sp³-hybridized carbons (Fsp3) is 0.667. The van der Waals surface area contributed by atoms with E-state index in [1.165, 1.54) is 0 Å². The summed E-state index contributed by atoms with van der Waals surface area (Å²) >= 11 is 0. The van der Waals surface area contributed by atoms with Crippen molar-refractivity contribution in [2.45, 2.75) is 13.0 Å². The van der Waals surface area contributed by atoms with Gasteiger partial charge in [-0.05, 0) is 6.92 Å². The Labute approximate surface area is 77.8 Å². The van der Waals surface area contributed by atoms with E-state index in [0.29, 0.717) is 26.3 Å². The van der Waals surface area contributed by atoms with Crippen molar-refractivity contribution in [1.82, 2.24) is 4.90 Å². The molecule has 0 spiro atoms. The highest BCUT2D eigenvalue weighted by atomic mass is 16.5. The van der Waals surface area contributed by atoms with Crippen LogP contribution >= 0.6 is 0 Å². The van der Waals surface area contributed by atoms with Crippen LogP contribution in [0.4, 0.5) is 0 Å². The second-order valence-electron chi connectivity index (χ2n) is 2.99. The van der Waals surface area contributed by atoms with Crippen molar-refractivity contribution in [1.29, 1.82) is 0 Å². The Kier molecular flexibility index (Phi) is 3.92. The third kappa shape index (κ3) is 2.82. The summed E-state index contributed by atoms with van der Waals surface area (Å²) in [5, 5.41) is 8.86. The lowest BCUT2D eigenvalue weighted by molar-refractivity contribution is -0.149. The molecule has 0 saturated carbocycles. The van der Waals surface area contributed by atoms with Gasteiger partial charge in [-0.2, -0.15) is 0 Å². The van der Waals surface area contributed by atoms with Crippen LogP contribution in [0.5, 0.6) is 0 Å². The van der Waals surface area contributed by atoms with Crippen molar-refractivity contribution >= 4 is 5.97 Å². The third-order valence-corrected chi connectivity index (χ3v) is 2.10. The van der Waals surface area contributed by atoms with Gasteiger partial charge >= 0.3 is 5.97 Å². The molecular weight excluding hydrogens is 170 g/mol. The molecule has 0 radical (unpaired) electrons. The largest absolute Gasteiger partial charge is 0.480 e. The summed E-state index contributed by atoms with van der Waals surface area (Å²) in [6.45, 7) is 4.24. The molecule has 0 aromatic heterocycles. The van der Waals surface area contributed by atoms with Crippen molar-refractivity contribution < 1.29 is 14.6 Å². The van der Waals surface area contributed by atoms with Gasteiger partial charge in [0, 0.05) is 13.1 Å². The first-order valence-corrected chi connectivity index (χ1v) is 4.41. The number of carboxylic acids is 1. The number of aliphatic carboxylic acids is 1. The molecule has 1 atom stereocenters. The van der Waals surface area contributed by atoms with Crippen LogP contribution in [-0.4, -0.2) is 48.3 Å². The molecule has 4 heteroatoms. The fourth-order valence-corrected chi connectivity index (χ4v) is 1.32. The van der Waals surface area contributed by atoms with E-state index in [9.17, 15) is 4.79 Å². The van der Waals surface area contributed by atoms with Gasteiger partial charge in [0.15, 0.2) is 0 Å². The summed E-state index contributed by atoms with van der Waals surface area (Å²) in [6, 6.07) is -0.482. The van der Waals surface area contributed by atoms with Gasteiger partial charge in [0.05, 0.1) is 13.2 Å². The summed E-state index contributed by atoms with van der Waals surface area (Å²) in [7, 11) is 0. The van der Waals surface area contributed by atoms with Crippen molar-refractivity contribution in [2.24, 2.45) is 0 Å². The molecule has 1 rings (SSSR count). The Bertz CT molecular complexity index is 203. The number of hydrogen-bond donors (Lipinski definition) is 1. The van der Waals surface area contributed by atoms with Crippen LogP contribution in [0.15, 0.2) is 12.2 Å². The van der Waals surface area contributed by atoms with E-state index in [2.05, 4.69) is 0 Å². The molecule has 0 amide bonds. The lowest BCUT2D eigenvalue weighted by Crippen LogP contribution is -2.49. The smallest absolute Gasteiger partial charge is 0.323 e. The fourth-order valence-electron chi connectivity index (χ4n) is 1.32. The average Bonchev–Trinajstić information content (AvgIpc) is 2.15. The number of carbonyl (C=O) groups is 1. The van der Waals surface area contributed by atoms with Crippen LogP contribution in [-0.2, 0) is 9.53 Å². The first-order chi connectivity index (χ1) is 6.25. The molecule has 1 aliphatic rings. The standard InChI is InChI=1S/C9H15NO3/c1-2-3-4-10-5-6-13-7-8(10)9(11)12/h2-3,8H,4-7H2,1H3,(H,11,12). The van der Waals surface area contributed by atoms with Gasteiger partial charge in [-0.1, -0.05) is 12.2 Å². The van der Waals surface area contributed by atoms with Crippen LogP contribution in [0.2, 0.25) is 0 Å². The second-order valence-corrected chi connectivity index (χ2v) is 2.99. The Morgan fingerprint density at radius 3 is 3.15 bits per heavy atom. The van der Waals surface area contributed by atoms with Gasteiger partial charge in [0.2, 0.25) is 0 Å². The first kappa shape index (κ1) is 10.2. The average molecular weight is 185 g/mol. The van der Waals surface area contributed by atoms with Crippen molar-refractivity contribution in [2.75, 3.05) is 26.3 Å². The number of morpholine rings is 1. The minimum atomic E-state index is -0.802. The zero-order valence-corrected chi connectivity index (χ0v) is 7.77. The molecule has 1 fully saturated rings. The molecule has 13 heavy (non-hydrogen) atoms. The van der Waals surface area contributed by atoms with E-state index in [4.69, 9.17) is 9.84 Å². The van der Waals surface area contributed by atoms with Gasteiger partial charge < -0.3 is 9.84 Å². The maximum absolute atomic E-state index is 10.8. The number of ether oxygens (including phenoxy) is 1. The van der Waals surface area contributed by atoms with Gasteiger partial charge in [-0.25, -0.2) is 0 Å². The Morgan fingerprint density at radius 1 is 1.77 bits per heavy atom. The maximum Gasteiger partial charge on any atom is 0.323 e. The topological polar surface area (TPSA) is 49.8 Å². The maximum atomic E-state index is 10.8. The summed E-state index contributed by atoms with van der Waals surface area (Å²) in [5.41, 5.74) is 0. The molecule has 1 unspecified atom stereocenters. The summed E-state index contributed by atoms with van der Waals surface area (Å²) in [6.07, 6.45) is 3.88.